The zero-order valence-corrected chi connectivity index (χ0v) is 16.7. The Morgan fingerprint density at radius 3 is 2.48 bits per heavy atom. The molecule has 1 atom stereocenters. The quantitative estimate of drug-likeness (QED) is 0.798. The first-order valence-electron chi connectivity index (χ1n) is 10.5. The molecule has 3 aliphatic rings. The molecule has 1 spiro atoms. The number of carbonyl (C=O) groups excluding carboxylic acids is 1. The third kappa shape index (κ3) is 3.40. The molecule has 4 rings (SSSR count). The van der Waals surface area contributed by atoms with Crippen LogP contribution in [-0.2, 0) is 16.8 Å². The highest BCUT2D eigenvalue weighted by atomic mass is 19.1. The number of fused-ring (bicyclic) bond motifs is 2. The van der Waals surface area contributed by atoms with Crippen molar-refractivity contribution in [2.75, 3.05) is 39.8 Å². The number of rotatable bonds is 2. The van der Waals surface area contributed by atoms with Gasteiger partial charge in [0.05, 0.1) is 6.04 Å². The second kappa shape index (κ2) is 7.51. The first-order chi connectivity index (χ1) is 13.0. The Kier molecular flexibility index (Phi) is 5.26. The molecule has 0 N–H and O–H groups in total. The van der Waals surface area contributed by atoms with E-state index in [0.717, 1.165) is 38.9 Å². The van der Waals surface area contributed by atoms with Crippen LogP contribution in [-0.4, -0.2) is 72.6 Å². The predicted octanol–water partition coefficient (Wildman–Crippen LogP) is 2.81. The summed E-state index contributed by atoms with van der Waals surface area (Å²) in [4.78, 5) is 19.6. The van der Waals surface area contributed by atoms with E-state index >= 15 is 0 Å². The molecule has 0 aromatic heterocycles. The number of alkyl halides is 1. The van der Waals surface area contributed by atoms with E-state index in [2.05, 4.69) is 41.1 Å². The van der Waals surface area contributed by atoms with Gasteiger partial charge in [0.2, 0.25) is 5.91 Å². The minimum Gasteiger partial charge on any atom is -0.341 e. The maximum absolute atomic E-state index is 13.4. The molecule has 148 valence electrons. The average molecular weight is 374 g/mol. The minimum atomic E-state index is -0.735. The summed E-state index contributed by atoms with van der Waals surface area (Å²) in [7, 11) is 2.25. The van der Waals surface area contributed by atoms with E-state index < -0.39 is 6.17 Å². The van der Waals surface area contributed by atoms with Crippen LogP contribution in [0.5, 0.6) is 0 Å². The van der Waals surface area contributed by atoms with Crippen LogP contribution in [0.3, 0.4) is 0 Å². The molecule has 1 aromatic carbocycles. The van der Waals surface area contributed by atoms with Crippen molar-refractivity contribution in [3.63, 3.8) is 0 Å². The van der Waals surface area contributed by atoms with Crippen molar-refractivity contribution in [1.82, 2.24) is 14.7 Å². The lowest BCUT2D eigenvalue weighted by atomic mass is 9.74. The number of halogens is 1. The molecule has 0 radical (unpaired) electrons. The van der Waals surface area contributed by atoms with E-state index in [9.17, 15) is 9.18 Å². The molecule has 2 saturated heterocycles. The summed E-state index contributed by atoms with van der Waals surface area (Å²) in [5.41, 5.74) is 3.09. The van der Waals surface area contributed by atoms with Crippen molar-refractivity contribution >= 4 is 5.91 Å². The summed E-state index contributed by atoms with van der Waals surface area (Å²) in [6.07, 6.45) is 3.49. The minimum absolute atomic E-state index is 0.109. The van der Waals surface area contributed by atoms with Crippen LogP contribution < -0.4 is 0 Å². The number of amides is 1. The summed E-state index contributed by atoms with van der Waals surface area (Å²) in [6, 6.07) is 8.77. The van der Waals surface area contributed by atoms with Crippen molar-refractivity contribution in [1.29, 1.82) is 0 Å². The molecular weight excluding hydrogens is 341 g/mol. The summed E-state index contributed by atoms with van der Waals surface area (Å²) in [5, 5.41) is 0. The van der Waals surface area contributed by atoms with Gasteiger partial charge < -0.3 is 4.90 Å². The Morgan fingerprint density at radius 1 is 1.11 bits per heavy atom. The molecule has 1 unspecified atom stereocenters. The van der Waals surface area contributed by atoms with Crippen LogP contribution in [0.4, 0.5) is 4.39 Å². The topological polar surface area (TPSA) is 26.8 Å². The molecule has 1 aromatic rings. The van der Waals surface area contributed by atoms with Gasteiger partial charge >= 0.3 is 0 Å². The normalized spacial score (nSPS) is 25.4. The number of piperidine rings is 2. The molecular formula is C22H32FN3O. The summed E-state index contributed by atoms with van der Waals surface area (Å²) in [6.45, 7) is 6.14. The number of benzene rings is 1. The van der Waals surface area contributed by atoms with E-state index in [0.29, 0.717) is 25.9 Å². The third-order valence-electron chi connectivity index (χ3n) is 7.23. The molecule has 27 heavy (non-hydrogen) atoms. The average Bonchev–Trinajstić information content (AvgIpc) is 2.71. The Hall–Kier alpha value is -1.46. The van der Waals surface area contributed by atoms with Crippen molar-refractivity contribution in [3.8, 4) is 0 Å². The summed E-state index contributed by atoms with van der Waals surface area (Å²) >= 11 is 0. The fourth-order valence-corrected chi connectivity index (χ4v) is 5.32. The van der Waals surface area contributed by atoms with Gasteiger partial charge in [-0.15, -0.1) is 0 Å². The van der Waals surface area contributed by atoms with Crippen molar-refractivity contribution in [2.45, 2.75) is 56.8 Å². The van der Waals surface area contributed by atoms with E-state index in [1.165, 1.54) is 11.1 Å². The van der Waals surface area contributed by atoms with Gasteiger partial charge in [-0.2, -0.15) is 0 Å². The third-order valence-corrected chi connectivity index (χ3v) is 7.23. The van der Waals surface area contributed by atoms with Crippen molar-refractivity contribution in [2.24, 2.45) is 0 Å². The van der Waals surface area contributed by atoms with Gasteiger partial charge in [0.15, 0.2) is 0 Å². The maximum Gasteiger partial charge on any atom is 0.239 e. The first-order valence-corrected chi connectivity index (χ1v) is 10.5. The van der Waals surface area contributed by atoms with Gasteiger partial charge in [-0.05, 0) is 57.2 Å². The largest absolute Gasteiger partial charge is 0.341 e. The molecule has 0 aliphatic carbocycles. The highest BCUT2D eigenvalue weighted by molar-refractivity contribution is 5.81. The molecule has 3 aliphatic heterocycles. The summed E-state index contributed by atoms with van der Waals surface area (Å²) in [5.74, 6) is 0.176. The number of hydrogen-bond donors (Lipinski definition) is 0. The fraction of sp³-hybridized carbons (Fsp3) is 0.682. The van der Waals surface area contributed by atoms with E-state index in [4.69, 9.17) is 0 Å². The van der Waals surface area contributed by atoms with Crippen LogP contribution in [0.15, 0.2) is 24.3 Å². The Bertz CT molecular complexity index is 678. The molecule has 1 amide bonds. The molecule has 2 fully saturated rings. The SMILES string of the molecule is CC(C(=O)N1CCC(F)CC1)N1CCC2(CC1)c1ccccc1CCN2C. The summed E-state index contributed by atoms with van der Waals surface area (Å²) < 4.78 is 13.4. The highest BCUT2D eigenvalue weighted by Crippen LogP contribution is 2.42. The van der Waals surface area contributed by atoms with Crippen LogP contribution in [0.25, 0.3) is 0 Å². The van der Waals surface area contributed by atoms with Crippen LogP contribution in [0, 0.1) is 0 Å². The monoisotopic (exact) mass is 373 g/mol. The predicted molar refractivity (Wildman–Crippen MR) is 105 cm³/mol. The van der Waals surface area contributed by atoms with Gasteiger partial charge in [-0.3, -0.25) is 14.6 Å². The van der Waals surface area contributed by atoms with Gasteiger partial charge in [-0.25, -0.2) is 4.39 Å². The number of likely N-dealkylation sites (N-methyl/N-ethyl adjacent to an activating group) is 1. The van der Waals surface area contributed by atoms with E-state index in [1.54, 1.807) is 0 Å². The smallest absolute Gasteiger partial charge is 0.239 e. The Labute approximate surface area is 162 Å². The highest BCUT2D eigenvalue weighted by Gasteiger charge is 2.44. The van der Waals surface area contributed by atoms with E-state index in [1.807, 2.05) is 11.8 Å². The fourth-order valence-electron chi connectivity index (χ4n) is 5.32. The molecule has 4 nitrogen and oxygen atoms in total. The zero-order valence-electron chi connectivity index (χ0n) is 16.7. The number of nitrogens with zero attached hydrogens (tertiary/aromatic N) is 3. The molecule has 3 heterocycles. The van der Waals surface area contributed by atoms with Crippen molar-refractivity contribution < 1.29 is 9.18 Å². The standard InChI is InChI=1S/C22H32FN3O/c1-17(21(27)26-13-8-19(23)9-14-26)25-15-10-22(11-16-25)20-6-4-3-5-18(20)7-12-24(22)2/h3-6,17,19H,7-16H2,1-2H3. The zero-order chi connectivity index (χ0) is 19.0. The number of carbonyl (C=O) groups is 1. The maximum atomic E-state index is 13.4. The lowest BCUT2D eigenvalue weighted by molar-refractivity contribution is -0.139. The van der Waals surface area contributed by atoms with Gasteiger partial charge in [0.1, 0.15) is 6.17 Å². The van der Waals surface area contributed by atoms with Gasteiger partial charge in [-0.1, -0.05) is 24.3 Å². The second-order valence-corrected chi connectivity index (χ2v) is 8.57. The van der Waals surface area contributed by atoms with Crippen LogP contribution in [0.2, 0.25) is 0 Å². The Balaban J connectivity index is 1.44. The van der Waals surface area contributed by atoms with E-state index in [-0.39, 0.29) is 17.5 Å². The van der Waals surface area contributed by atoms with Crippen molar-refractivity contribution in [3.05, 3.63) is 35.4 Å². The second-order valence-electron chi connectivity index (χ2n) is 8.57. The number of likely N-dealkylation sites (tertiary alicyclic amines) is 2. The van der Waals surface area contributed by atoms with Crippen LogP contribution >= 0.6 is 0 Å². The lowest BCUT2D eigenvalue weighted by Crippen LogP contribution is -2.58. The first kappa shape index (κ1) is 18.9. The number of hydrogen-bond acceptors (Lipinski definition) is 3. The van der Waals surface area contributed by atoms with Gasteiger partial charge in [0.25, 0.3) is 0 Å². The molecule has 5 heteroatoms. The molecule has 0 bridgehead atoms. The molecule has 0 saturated carbocycles. The van der Waals surface area contributed by atoms with Crippen LogP contribution in [0.1, 0.15) is 43.7 Å². The lowest BCUT2D eigenvalue weighted by Gasteiger charge is -2.52. The Morgan fingerprint density at radius 2 is 1.78 bits per heavy atom. The van der Waals surface area contributed by atoms with Gasteiger partial charge in [0, 0.05) is 38.3 Å².